The third-order valence-corrected chi connectivity index (χ3v) is 3.06. The van der Waals surface area contributed by atoms with Crippen molar-refractivity contribution < 1.29 is 9.66 Å². The van der Waals surface area contributed by atoms with Gasteiger partial charge in [0, 0.05) is 4.92 Å². The molecule has 0 atom stereocenters. The highest BCUT2D eigenvalue weighted by atomic mass is 16.6. The molecule has 4 nitrogen and oxygen atoms in total. The molecule has 0 heterocycles. The van der Waals surface area contributed by atoms with E-state index in [-0.39, 0.29) is 11.5 Å². The SMILES string of the molecule is CC(C)=CCOC1(C[N+](=O)[O-])CCCCC1. The van der Waals surface area contributed by atoms with Crippen LogP contribution in [0.1, 0.15) is 46.0 Å². The van der Waals surface area contributed by atoms with Gasteiger partial charge in [0.15, 0.2) is 0 Å². The molecule has 0 amide bonds. The predicted octanol–water partition coefficient (Wildman–Crippen LogP) is 2.95. The Morgan fingerprint density at radius 1 is 1.38 bits per heavy atom. The van der Waals surface area contributed by atoms with Gasteiger partial charge in [-0.2, -0.15) is 0 Å². The van der Waals surface area contributed by atoms with Crippen molar-refractivity contribution in [1.82, 2.24) is 0 Å². The van der Waals surface area contributed by atoms with Gasteiger partial charge in [-0.15, -0.1) is 0 Å². The van der Waals surface area contributed by atoms with E-state index in [1.807, 2.05) is 19.9 Å². The smallest absolute Gasteiger partial charge is 0.232 e. The fraction of sp³-hybridized carbons (Fsp3) is 0.833. The molecule has 0 spiro atoms. The minimum absolute atomic E-state index is 0.0520. The lowest BCUT2D eigenvalue weighted by Crippen LogP contribution is -2.42. The lowest BCUT2D eigenvalue weighted by Gasteiger charge is -2.33. The summed E-state index contributed by atoms with van der Waals surface area (Å²) in [6.45, 7) is 4.45. The number of rotatable bonds is 5. The molecule has 1 aliphatic rings. The van der Waals surface area contributed by atoms with Crippen LogP contribution in [-0.4, -0.2) is 23.7 Å². The maximum atomic E-state index is 10.7. The first-order valence-corrected chi connectivity index (χ1v) is 5.93. The summed E-state index contributed by atoms with van der Waals surface area (Å²) in [5.41, 5.74) is 0.681. The number of hydrogen-bond donors (Lipinski definition) is 0. The van der Waals surface area contributed by atoms with Crippen LogP contribution >= 0.6 is 0 Å². The van der Waals surface area contributed by atoms with E-state index >= 15 is 0 Å². The molecular weight excluding hydrogens is 206 g/mol. The van der Waals surface area contributed by atoms with Crippen molar-refractivity contribution >= 4 is 0 Å². The van der Waals surface area contributed by atoms with Crippen LogP contribution in [-0.2, 0) is 4.74 Å². The zero-order valence-corrected chi connectivity index (χ0v) is 10.2. The van der Waals surface area contributed by atoms with Gasteiger partial charge in [-0.25, -0.2) is 0 Å². The second-order valence-electron chi connectivity index (χ2n) is 4.83. The van der Waals surface area contributed by atoms with Gasteiger partial charge in [0.05, 0.1) is 6.61 Å². The third-order valence-electron chi connectivity index (χ3n) is 3.06. The van der Waals surface area contributed by atoms with Crippen LogP contribution in [0.4, 0.5) is 0 Å². The van der Waals surface area contributed by atoms with E-state index in [0.29, 0.717) is 6.61 Å². The molecule has 0 aromatic rings. The maximum Gasteiger partial charge on any atom is 0.232 e. The largest absolute Gasteiger partial charge is 0.364 e. The van der Waals surface area contributed by atoms with Crippen molar-refractivity contribution in [3.63, 3.8) is 0 Å². The van der Waals surface area contributed by atoms with Gasteiger partial charge in [-0.3, -0.25) is 10.1 Å². The number of ether oxygens (including phenoxy) is 1. The van der Waals surface area contributed by atoms with Crippen LogP contribution < -0.4 is 0 Å². The van der Waals surface area contributed by atoms with Gasteiger partial charge in [0.25, 0.3) is 0 Å². The summed E-state index contributed by atoms with van der Waals surface area (Å²) in [5, 5.41) is 10.7. The van der Waals surface area contributed by atoms with E-state index < -0.39 is 5.60 Å². The van der Waals surface area contributed by atoms with Crippen LogP contribution in [0.25, 0.3) is 0 Å². The number of hydrogen-bond acceptors (Lipinski definition) is 3. The first kappa shape index (κ1) is 13.2. The van der Waals surface area contributed by atoms with E-state index in [9.17, 15) is 10.1 Å². The van der Waals surface area contributed by atoms with E-state index in [1.165, 1.54) is 12.0 Å². The van der Waals surface area contributed by atoms with Crippen molar-refractivity contribution in [2.45, 2.75) is 51.6 Å². The van der Waals surface area contributed by atoms with E-state index in [1.54, 1.807) is 0 Å². The summed E-state index contributed by atoms with van der Waals surface area (Å²) >= 11 is 0. The Balaban J connectivity index is 2.55. The molecule has 4 heteroatoms. The first-order chi connectivity index (χ1) is 7.54. The summed E-state index contributed by atoms with van der Waals surface area (Å²) in [6.07, 6.45) is 6.89. The van der Waals surface area contributed by atoms with Crippen LogP contribution in [0.2, 0.25) is 0 Å². The Morgan fingerprint density at radius 2 is 2.00 bits per heavy atom. The Kier molecular flexibility index (Phi) is 4.93. The zero-order chi connectivity index (χ0) is 12.0. The van der Waals surface area contributed by atoms with Crippen LogP contribution in [0.5, 0.6) is 0 Å². The van der Waals surface area contributed by atoms with Gasteiger partial charge in [-0.05, 0) is 26.7 Å². The van der Waals surface area contributed by atoms with Crippen molar-refractivity contribution in [3.05, 3.63) is 21.8 Å². The summed E-state index contributed by atoms with van der Waals surface area (Å²) in [5.74, 6) is 0. The van der Waals surface area contributed by atoms with E-state index in [2.05, 4.69) is 0 Å². The van der Waals surface area contributed by atoms with Crippen molar-refractivity contribution in [1.29, 1.82) is 0 Å². The van der Waals surface area contributed by atoms with Gasteiger partial charge in [0.1, 0.15) is 5.60 Å². The van der Waals surface area contributed by atoms with Gasteiger partial charge in [-0.1, -0.05) is 30.9 Å². The Hall–Kier alpha value is -0.900. The van der Waals surface area contributed by atoms with Crippen molar-refractivity contribution in [2.24, 2.45) is 0 Å². The van der Waals surface area contributed by atoms with Gasteiger partial charge >= 0.3 is 0 Å². The second-order valence-corrected chi connectivity index (χ2v) is 4.83. The molecule has 1 rings (SSSR count). The minimum atomic E-state index is -0.506. The number of nitrogens with zero attached hydrogens (tertiary/aromatic N) is 1. The molecule has 0 saturated heterocycles. The van der Waals surface area contributed by atoms with E-state index in [4.69, 9.17) is 4.74 Å². The van der Waals surface area contributed by atoms with Crippen LogP contribution in [0.3, 0.4) is 0 Å². The molecular formula is C12H21NO3. The average Bonchev–Trinajstić information content (AvgIpc) is 2.17. The topological polar surface area (TPSA) is 52.4 Å². The fourth-order valence-electron chi connectivity index (χ4n) is 2.16. The average molecular weight is 227 g/mol. The highest BCUT2D eigenvalue weighted by molar-refractivity contribution is 4.94. The number of allylic oxidation sites excluding steroid dienone is 1. The molecule has 0 N–H and O–H groups in total. The van der Waals surface area contributed by atoms with Crippen LogP contribution in [0, 0.1) is 10.1 Å². The molecule has 0 aromatic carbocycles. The quantitative estimate of drug-likeness (QED) is 0.412. The van der Waals surface area contributed by atoms with Crippen LogP contribution in [0.15, 0.2) is 11.6 Å². The molecule has 1 aliphatic carbocycles. The lowest BCUT2D eigenvalue weighted by atomic mass is 9.84. The maximum absolute atomic E-state index is 10.7. The second kappa shape index (κ2) is 5.99. The monoisotopic (exact) mass is 227 g/mol. The highest BCUT2D eigenvalue weighted by Crippen LogP contribution is 2.31. The molecule has 0 unspecified atom stereocenters. The predicted molar refractivity (Wildman–Crippen MR) is 63.1 cm³/mol. The summed E-state index contributed by atoms with van der Waals surface area (Å²) in [7, 11) is 0. The Morgan fingerprint density at radius 3 is 2.50 bits per heavy atom. The first-order valence-electron chi connectivity index (χ1n) is 5.93. The molecule has 0 aliphatic heterocycles. The van der Waals surface area contributed by atoms with Crippen molar-refractivity contribution in [3.8, 4) is 0 Å². The van der Waals surface area contributed by atoms with Gasteiger partial charge < -0.3 is 4.74 Å². The summed E-state index contributed by atoms with van der Waals surface area (Å²) in [6, 6.07) is 0. The summed E-state index contributed by atoms with van der Waals surface area (Å²) < 4.78 is 5.77. The normalized spacial score (nSPS) is 19.1. The highest BCUT2D eigenvalue weighted by Gasteiger charge is 2.37. The van der Waals surface area contributed by atoms with Crippen molar-refractivity contribution in [2.75, 3.05) is 13.2 Å². The molecule has 0 aromatic heterocycles. The molecule has 1 fully saturated rings. The Labute approximate surface area is 96.8 Å². The zero-order valence-electron chi connectivity index (χ0n) is 10.2. The van der Waals surface area contributed by atoms with E-state index in [0.717, 1.165) is 25.7 Å². The molecule has 0 bridgehead atoms. The number of nitro groups is 1. The molecule has 16 heavy (non-hydrogen) atoms. The third kappa shape index (κ3) is 4.31. The molecule has 1 saturated carbocycles. The van der Waals surface area contributed by atoms with Gasteiger partial charge in [0.2, 0.25) is 6.54 Å². The summed E-state index contributed by atoms with van der Waals surface area (Å²) in [4.78, 5) is 10.4. The molecule has 0 radical (unpaired) electrons. The fourth-order valence-corrected chi connectivity index (χ4v) is 2.16. The standard InChI is InChI=1S/C12H21NO3/c1-11(2)6-9-16-12(10-13(14)15)7-4-3-5-8-12/h6H,3-5,7-10H2,1-2H3. The lowest BCUT2D eigenvalue weighted by molar-refractivity contribution is -0.503. The molecule has 92 valence electrons. The minimum Gasteiger partial charge on any atom is -0.364 e. The Bertz CT molecular complexity index is 263.